The van der Waals surface area contributed by atoms with E-state index in [2.05, 4.69) is 19.2 Å². The van der Waals surface area contributed by atoms with Gasteiger partial charge in [-0.05, 0) is 12.8 Å². The fraction of sp³-hybridized carbons (Fsp3) is 0.923. The van der Waals surface area contributed by atoms with E-state index in [1.165, 1.54) is 38.5 Å². The van der Waals surface area contributed by atoms with Crippen molar-refractivity contribution < 1.29 is 4.79 Å². The van der Waals surface area contributed by atoms with Gasteiger partial charge in [0, 0.05) is 13.0 Å². The van der Waals surface area contributed by atoms with E-state index in [0.29, 0.717) is 6.42 Å². The quantitative estimate of drug-likeness (QED) is 0.551. The Labute approximate surface area is 94.8 Å². The Balaban J connectivity index is 3.06. The van der Waals surface area contributed by atoms with Crippen molar-refractivity contribution in [2.24, 2.45) is 0 Å². The number of amides is 1. The molecule has 1 amide bonds. The molecule has 0 aromatic rings. The maximum absolute atomic E-state index is 11.2. The van der Waals surface area contributed by atoms with Gasteiger partial charge in [-0.3, -0.25) is 4.79 Å². The first kappa shape index (κ1) is 14.5. The molecule has 0 aliphatic heterocycles. The van der Waals surface area contributed by atoms with Crippen molar-refractivity contribution >= 4 is 5.91 Å². The zero-order chi connectivity index (χ0) is 11.4. The Morgan fingerprint density at radius 1 is 0.867 bits per heavy atom. The number of carbonyl (C=O) groups excluding carboxylic acids is 1. The molecule has 0 rings (SSSR count). The van der Waals surface area contributed by atoms with E-state index in [-0.39, 0.29) is 5.91 Å². The van der Waals surface area contributed by atoms with Crippen molar-refractivity contribution in [1.82, 2.24) is 5.32 Å². The highest BCUT2D eigenvalue weighted by Gasteiger charge is 1.98. The maximum atomic E-state index is 11.2. The van der Waals surface area contributed by atoms with Crippen LogP contribution in [0.4, 0.5) is 0 Å². The molecule has 0 saturated heterocycles. The van der Waals surface area contributed by atoms with Crippen molar-refractivity contribution in [2.75, 3.05) is 6.54 Å². The van der Waals surface area contributed by atoms with Crippen LogP contribution in [0.1, 0.15) is 71.6 Å². The summed E-state index contributed by atoms with van der Waals surface area (Å²) in [7, 11) is 0. The van der Waals surface area contributed by atoms with E-state index in [4.69, 9.17) is 0 Å². The van der Waals surface area contributed by atoms with Crippen molar-refractivity contribution in [3.8, 4) is 0 Å². The molecule has 90 valence electrons. The summed E-state index contributed by atoms with van der Waals surface area (Å²) in [6, 6.07) is 0. The summed E-state index contributed by atoms with van der Waals surface area (Å²) in [6.45, 7) is 5.14. The number of carbonyl (C=O) groups is 1. The molecule has 0 fully saturated rings. The predicted octanol–water partition coefficient (Wildman–Crippen LogP) is 3.65. The smallest absolute Gasteiger partial charge is 0.219 e. The number of hydrogen-bond acceptors (Lipinski definition) is 1. The molecule has 0 atom stereocenters. The lowest BCUT2D eigenvalue weighted by Gasteiger charge is -2.03. The minimum atomic E-state index is 0.227. The highest BCUT2D eigenvalue weighted by molar-refractivity contribution is 5.75. The van der Waals surface area contributed by atoms with Gasteiger partial charge in [-0.2, -0.15) is 0 Å². The van der Waals surface area contributed by atoms with E-state index < -0.39 is 0 Å². The van der Waals surface area contributed by atoms with Gasteiger partial charge in [0.05, 0.1) is 0 Å². The summed E-state index contributed by atoms with van der Waals surface area (Å²) in [4.78, 5) is 11.2. The van der Waals surface area contributed by atoms with Crippen LogP contribution in [-0.4, -0.2) is 12.5 Å². The zero-order valence-corrected chi connectivity index (χ0v) is 10.5. The molecule has 0 saturated carbocycles. The van der Waals surface area contributed by atoms with Gasteiger partial charge in [0.1, 0.15) is 0 Å². The van der Waals surface area contributed by atoms with E-state index >= 15 is 0 Å². The van der Waals surface area contributed by atoms with E-state index in [9.17, 15) is 4.79 Å². The largest absolute Gasteiger partial charge is 0.356 e. The maximum Gasteiger partial charge on any atom is 0.219 e. The second-order valence-electron chi connectivity index (χ2n) is 4.22. The molecule has 2 heteroatoms. The first-order chi connectivity index (χ1) is 7.31. The normalized spacial score (nSPS) is 10.3. The molecule has 2 nitrogen and oxygen atoms in total. The Morgan fingerprint density at radius 2 is 1.47 bits per heavy atom. The molecule has 1 N–H and O–H groups in total. The van der Waals surface area contributed by atoms with E-state index in [0.717, 1.165) is 19.4 Å². The molecular formula is C13H27NO. The van der Waals surface area contributed by atoms with Crippen LogP contribution in [0.2, 0.25) is 0 Å². The molecular weight excluding hydrogens is 186 g/mol. The lowest BCUT2D eigenvalue weighted by Crippen LogP contribution is -2.23. The van der Waals surface area contributed by atoms with Crippen LogP contribution in [0, 0.1) is 0 Å². The van der Waals surface area contributed by atoms with Gasteiger partial charge in [0.15, 0.2) is 0 Å². The lowest BCUT2D eigenvalue weighted by atomic mass is 10.1. The van der Waals surface area contributed by atoms with Crippen molar-refractivity contribution in [1.29, 1.82) is 0 Å². The summed E-state index contributed by atoms with van der Waals surface area (Å²) in [5.74, 6) is 0.227. The van der Waals surface area contributed by atoms with Crippen molar-refractivity contribution in [3.63, 3.8) is 0 Å². The molecule has 0 aromatic carbocycles. The van der Waals surface area contributed by atoms with Crippen LogP contribution in [0.25, 0.3) is 0 Å². The second-order valence-corrected chi connectivity index (χ2v) is 4.22. The average Bonchev–Trinajstić information content (AvgIpc) is 2.25. The topological polar surface area (TPSA) is 29.1 Å². The minimum absolute atomic E-state index is 0.227. The lowest BCUT2D eigenvalue weighted by molar-refractivity contribution is -0.121. The first-order valence-electron chi connectivity index (χ1n) is 6.58. The van der Waals surface area contributed by atoms with Crippen molar-refractivity contribution in [2.45, 2.75) is 71.6 Å². The van der Waals surface area contributed by atoms with E-state index in [1.807, 2.05) is 0 Å². The Kier molecular flexibility index (Phi) is 11.1. The van der Waals surface area contributed by atoms with Crippen LogP contribution in [-0.2, 0) is 4.79 Å². The third-order valence-corrected chi connectivity index (χ3v) is 2.58. The summed E-state index contributed by atoms with van der Waals surface area (Å²) >= 11 is 0. The number of nitrogens with one attached hydrogen (secondary N) is 1. The molecule has 0 radical (unpaired) electrons. The van der Waals surface area contributed by atoms with Crippen LogP contribution >= 0.6 is 0 Å². The van der Waals surface area contributed by atoms with Gasteiger partial charge in [-0.1, -0.05) is 52.4 Å². The molecule has 0 spiro atoms. The van der Waals surface area contributed by atoms with Gasteiger partial charge in [-0.25, -0.2) is 0 Å². The zero-order valence-electron chi connectivity index (χ0n) is 10.5. The molecule has 0 unspecified atom stereocenters. The van der Waals surface area contributed by atoms with Gasteiger partial charge in [0.2, 0.25) is 5.91 Å². The SMILES string of the molecule is CCCCCCCCCC(=O)NCCC. The molecule has 15 heavy (non-hydrogen) atoms. The first-order valence-corrected chi connectivity index (χ1v) is 6.58. The monoisotopic (exact) mass is 213 g/mol. The Bertz CT molecular complexity index is 145. The fourth-order valence-electron chi connectivity index (χ4n) is 1.60. The van der Waals surface area contributed by atoms with Gasteiger partial charge < -0.3 is 5.32 Å². The molecule has 0 bridgehead atoms. The highest BCUT2D eigenvalue weighted by Crippen LogP contribution is 2.08. The summed E-state index contributed by atoms with van der Waals surface area (Å²) in [5.41, 5.74) is 0. The Hall–Kier alpha value is -0.530. The summed E-state index contributed by atoms with van der Waals surface area (Å²) < 4.78 is 0. The predicted molar refractivity (Wildman–Crippen MR) is 65.9 cm³/mol. The second kappa shape index (κ2) is 11.5. The minimum Gasteiger partial charge on any atom is -0.356 e. The van der Waals surface area contributed by atoms with Gasteiger partial charge >= 0.3 is 0 Å². The number of hydrogen-bond donors (Lipinski definition) is 1. The van der Waals surface area contributed by atoms with Crippen LogP contribution < -0.4 is 5.32 Å². The third-order valence-electron chi connectivity index (χ3n) is 2.58. The summed E-state index contributed by atoms with van der Waals surface area (Å²) in [6.07, 6.45) is 10.7. The number of rotatable bonds is 10. The van der Waals surface area contributed by atoms with E-state index in [1.54, 1.807) is 0 Å². The fourth-order valence-corrected chi connectivity index (χ4v) is 1.60. The van der Waals surface area contributed by atoms with Crippen LogP contribution in [0.3, 0.4) is 0 Å². The highest BCUT2D eigenvalue weighted by atomic mass is 16.1. The molecule has 0 heterocycles. The number of unbranched alkanes of at least 4 members (excludes halogenated alkanes) is 6. The van der Waals surface area contributed by atoms with Gasteiger partial charge in [0.25, 0.3) is 0 Å². The Morgan fingerprint density at radius 3 is 2.07 bits per heavy atom. The van der Waals surface area contributed by atoms with Crippen LogP contribution in [0.5, 0.6) is 0 Å². The average molecular weight is 213 g/mol. The standard InChI is InChI=1S/C13H27NO/c1-3-5-6-7-8-9-10-11-13(15)14-12-4-2/h3-12H2,1-2H3,(H,14,15). The summed E-state index contributed by atoms with van der Waals surface area (Å²) in [5, 5.41) is 2.90. The third kappa shape index (κ3) is 11.4. The molecule has 0 aliphatic carbocycles. The molecule has 0 aliphatic rings. The van der Waals surface area contributed by atoms with Crippen molar-refractivity contribution in [3.05, 3.63) is 0 Å². The van der Waals surface area contributed by atoms with Gasteiger partial charge in [-0.15, -0.1) is 0 Å². The molecule has 0 aromatic heterocycles. The van der Waals surface area contributed by atoms with Crippen LogP contribution in [0.15, 0.2) is 0 Å².